The molecule has 4 rings (SSSR count). The monoisotopic (exact) mass is 549 g/mol. The van der Waals surface area contributed by atoms with E-state index in [0.717, 1.165) is 20.0 Å². The molecule has 30 heavy (non-hydrogen) atoms. The Labute approximate surface area is 196 Å². The highest BCUT2D eigenvalue weighted by Gasteiger charge is 2.09. The van der Waals surface area contributed by atoms with Gasteiger partial charge in [-0.2, -0.15) is 0 Å². The zero-order valence-corrected chi connectivity index (χ0v) is 19.0. The van der Waals surface area contributed by atoms with Gasteiger partial charge in [0.1, 0.15) is 11.0 Å². The maximum Gasteiger partial charge on any atom is 0.257 e. The summed E-state index contributed by atoms with van der Waals surface area (Å²) in [5.41, 5.74) is 2.94. The highest BCUT2D eigenvalue weighted by molar-refractivity contribution is 14.1. The van der Waals surface area contributed by atoms with Crippen LogP contribution in [0.1, 0.15) is 15.9 Å². The lowest BCUT2D eigenvalue weighted by molar-refractivity contribution is 0.102. The van der Waals surface area contributed by atoms with Gasteiger partial charge in [0.15, 0.2) is 0 Å². The number of fused-ring (bicyclic) bond motifs is 1. The molecule has 0 saturated heterocycles. The van der Waals surface area contributed by atoms with Gasteiger partial charge in [-0.3, -0.25) is 4.79 Å². The summed E-state index contributed by atoms with van der Waals surface area (Å²) in [6.45, 7) is 0.545. The minimum atomic E-state index is -0.248. The van der Waals surface area contributed by atoms with E-state index in [1.165, 1.54) is 6.20 Å². The Morgan fingerprint density at radius 2 is 1.80 bits per heavy atom. The molecule has 9 heteroatoms. The van der Waals surface area contributed by atoms with Crippen LogP contribution in [0, 0.1) is 3.57 Å². The SMILES string of the molecule is O=C(Nc1ccc(CNc2nc(Cl)nc3cc(I)ccc23)cc1)c1ccc(Cl)nc1. The van der Waals surface area contributed by atoms with Gasteiger partial charge in [-0.15, -0.1) is 0 Å². The Kier molecular flexibility index (Phi) is 6.31. The maximum absolute atomic E-state index is 12.3. The number of aromatic nitrogens is 3. The van der Waals surface area contributed by atoms with Crippen molar-refractivity contribution in [2.75, 3.05) is 10.6 Å². The molecule has 6 nitrogen and oxygen atoms in total. The van der Waals surface area contributed by atoms with E-state index in [1.807, 2.05) is 42.5 Å². The number of amides is 1. The number of hydrogen-bond acceptors (Lipinski definition) is 5. The van der Waals surface area contributed by atoms with Crippen LogP contribution in [0.15, 0.2) is 60.8 Å². The number of carbonyl (C=O) groups excluding carboxylic acids is 1. The molecular formula is C21H14Cl2IN5O. The molecule has 2 aromatic carbocycles. The number of pyridine rings is 1. The third-order valence-electron chi connectivity index (χ3n) is 4.29. The Morgan fingerprint density at radius 1 is 1.00 bits per heavy atom. The van der Waals surface area contributed by atoms with Gasteiger partial charge in [0.25, 0.3) is 5.91 Å². The summed E-state index contributed by atoms with van der Waals surface area (Å²) in [7, 11) is 0. The molecule has 0 aliphatic carbocycles. The van der Waals surface area contributed by atoms with Gasteiger partial charge < -0.3 is 10.6 Å². The summed E-state index contributed by atoms with van der Waals surface area (Å²) in [6.07, 6.45) is 1.44. The predicted octanol–water partition coefficient (Wildman–Crippen LogP) is 5.80. The highest BCUT2D eigenvalue weighted by Crippen LogP contribution is 2.24. The lowest BCUT2D eigenvalue weighted by atomic mass is 10.2. The second-order valence-electron chi connectivity index (χ2n) is 6.38. The summed E-state index contributed by atoms with van der Waals surface area (Å²) >= 11 is 14.1. The van der Waals surface area contributed by atoms with E-state index < -0.39 is 0 Å². The van der Waals surface area contributed by atoms with Crippen LogP contribution in [-0.2, 0) is 6.54 Å². The molecule has 1 amide bonds. The minimum Gasteiger partial charge on any atom is -0.365 e. The first-order valence-electron chi connectivity index (χ1n) is 8.86. The molecule has 2 heterocycles. The lowest BCUT2D eigenvalue weighted by Crippen LogP contribution is -2.12. The van der Waals surface area contributed by atoms with E-state index in [1.54, 1.807) is 12.1 Å². The van der Waals surface area contributed by atoms with E-state index in [4.69, 9.17) is 23.2 Å². The first kappa shape index (κ1) is 20.8. The largest absolute Gasteiger partial charge is 0.365 e. The van der Waals surface area contributed by atoms with Crippen LogP contribution in [0.25, 0.3) is 10.9 Å². The van der Waals surface area contributed by atoms with Gasteiger partial charge in [-0.1, -0.05) is 23.7 Å². The number of benzene rings is 2. The zero-order valence-electron chi connectivity index (χ0n) is 15.4. The Hall–Kier alpha value is -2.49. The van der Waals surface area contributed by atoms with Crippen LogP contribution >= 0.6 is 45.8 Å². The number of hydrogen-bond donors (Lipinski definition) is 2. The van der Waals surface area contributed by atoms with Crippen molar-refractivity contribution >= 4 is 74.1 Å². The molecule has 0 aliphatic rings. The predicted molar refractivity (Wildman–Crippen MR) is 128 cm³/mol. The summed E-state index contributed by atoms with van der Waals surface area (Å²) in [5, 5.41) is 7.59. The standard InChI is InChI=1S/C21H14Cl2IN5O/c22-18-8-3-13(11-25-18)20(30)27-15-5-1-12(2-6-15)10-26-19-16-7-4-14(24)9-17(16)28-21(23)29-19/h1-9,11H,10H2,(H,27,30)(H,26,28,29). The molecule has 0 fully saturated rings. The average molecular weight is 550 g/mol. The van der Waals surface area contributed by atoms with Crippen LogP contribution < -0.4 is 10.6 Å². The number of rotatable bonds is 5. The number of anilines is 2. The van der Waals surface area contributed by atoms with E-state index in [2.05, 4.69) is 48.2 Å². The molecule has 0 aliphatic heterocycles. The van der Waals surface area contributed by atoms with E-state index >= 15 is 0 Å². The first-order valence-corrected chi connectivity index (χ1v) is 10.7. The van der Waals surface area contributed by atoms with Crippen molar-refractivity contribution in [1.29, 1.82) is 0 Å². The van der Waals surface area contributed by atoms with Crippen LogP contribution in [0.4, 0.5) is 11.5 Å². The second kappa shape index (κ2) is 9.11. The second-order valence-corrected chi connectivity index (χ2v) is 8.35. The summed E-state index contributed by atoms with van der Waals surface area (Å²) < 4.78 is 1.08. The Morgan fingerprint density at radius 3 is 2.53 bits per heavy atom. The molecule has 0 bridgehead atoms. The molecular weight excluding hydrogens is 536 g/mol. The number of nitrogens with one attached hydrogen (secondary N) is 2. The topological polar surface area (TPSA) is 79.8 Å². The van der Waals surface area contributed by atoms with E-state index in [-0.39, 0.29) is 11.2 Å². The molecule has 2 N–H and O–H groups in total. The molecule has 2 aromatic heterocycles. The number of nitrogens with zero attached hydrogens (tertiary/aromatic N) is 3. The van der Waals surface area contributed by atoms with Gasteiger partial charge in [0.05, 0.1) is 11.1 Å². The smallest absolute Gasteiger partial charge is 0.257 e. The van der Waals surface area contributed by atoms with Crippen LogP contribution in [-0.4, -0.2) is 20.9 Å². The average Bonchev–Trinajstić information content (AvgIpc) is 2.73. The molecule has 0 unspecified atom stereocenters. The Balaban J connectivity index is 1.43. The lowest BCUT2D eigenvalue weighted by Gasteiger charge is -2.10. The molecule has 0 spiro atoms. The molecule has 0 radical (unpaired) electrons. The van der Waals surface area contributed by atoms with Crippen molar-refractivity contribution in [3.05, 3.63) is 85.9 Å². The van der Waals surface area contributed by atoms with Crippen LogP contribution in [0.2, 0.25) is 10.4 Å². The van der Waals surface area contributed by atoms with Crippen LogP contribution in [0.3, 0.4) is 0 Å². The van der Waals surface area contributed by atoms with Crippen molar-refractivity contribution in [2.24, 2.45) is 0 Å². The van der Waals surface area contributed by atoms with E-state index in [9.17, 15) is 4.79 Å². The van der Waals surface area contributed by atoms with Crippen molar-refractivity contribution in [3.63, 3.8) is 0 Å². The third-order valence-corrected chi connectivity index (χ3v) is 5.36. The van der Waals surface area contributed by atoms with Crippen molar-refractivity contribution < 1.29 is 4.79 Å². The van der Waals surface area contributed by atoms with Gasteiger partial charge in [0, 0.05) is 27.4 Å². The molecule has 4 aromatic rings. The number of carbonyl (C=O) groups is 1. The van der Waals surface area contributed by atoms with Gasteiger partial charge in [-0.25, -0.2) is 15.0 Å². The minimum absolute atomic E-state index is 0.196. The highest BCUT2D eigenvalue weighted by atomic mass is 127. The van der Waals surface area contributed by atoms with Gasteiger partial charge >= 0.3 is 0 Å². The van der Waals surface area contributed by atoms with Crippen molar-refractivity contribution in [1.82, 2.24) is 15.0 Å². The first-order chi connectivity index (χ1) is 14.5. The fourth-order valence-electron chi connectivity index (χ4n) is 2.81. The third kappa shape index (κ3) is 4.97. The zero-order chi connectivity index (χ0) is 21.1. The van der Waals surface area contributed by atoms with Crippen molar-refractivity contribution in [3.8, 4) is 0 Å². The fraction of sp³-hybridized carbons (Fsp3) is 0.0476. The number of halogens is 3. The normalized spacial score (nSPS) is 10.8. The summed E-state index contributed by atoms with van der Waals surface area (Å²) in [6, 6.07) is 16.7. The van der Waals surface area contributed by atoms with Gasteiger partial charge in [0.2, 0.25) is 5.28 Å². The van der Waals surface area contributed by atoms with Crippen molar-refractivity contribution in [2.45, 2.75) is 6.54 Å². The summed E-state index contributed by atoms with van der Waals surface area (Å²) in [5.74, 6) is 0.427. The van der Waals surface area contributed by atoms with E-state index in [0.29, 0.717) is 28.8 Å². The summed E-state index contributed by atoms with van der Waals surface area (Å²) in [4.78, 5) is 24.8. The van der Waals surface area contributed by atoms with Crippen LogP contribution in [0.5, 0.6) is 0 Å². The quantitative estimate of drug-likeness (QED) is 0.187. The van der Waals surface area contributed by atoms with Gasteiger partial charge in [-0.05, 0) is 82.2 Å². The molecule has 150 valence electrons. The Bertz CT molecular complexity index is 1210. The maximum atomic E-state index is 12.3. The molecule has 0 saturated carbocycles. The fourth-order valence-corrected chi connectivity index (χ4v) is 3.58. The molecule has 0 atom stereocenters.